The van der Waals surface area contributed by atoms with E-state index in [1.807, 2.05) is 24.3 Å². The first-order valence-corrected chi connectivity index (χ1v) is 10.2. The molecule has 4 aromatic rings. The zero-order valence-corrected chi connectivity index (χ0v) is 18.3. The Morgan fingerprint density at radius 2 is 1.69 bits per heavy atom. The minimum absolute atomic E-state index is 0.130. The van der Waals surface area contributed by atoms with Gasteiger partial charge in [0.25, 0.3) is 5.91 Å². The van der Waals surface area contributed by atoms with Crippen LogP contribution >= 0.6 is 11.6 Å². The lowest BCUT2D eigenvalue weighted by molar-refractivity contribution is 0.0993. The standard InChI is InChI=1S/C25H20ClN3O3/c1-29(21-11-7-19(26)8-12-21)24(30)17-3-4-18-14-27-15-23(22(18)13-17)16-5-9-20(10-6-16)28-25(31)32-2/h3-15H,1-2H3,(H,28,31). The fourth-order valence-electron chi connectivity index (χ4n) is 3.40. The number of carbonyl (C=O) groups excluding carboxylic acids is 2. The average Bonchev–Trinajstić information content (AvgIpc) is 2.83. The van der Waals surface area contributed by atoms with Crippen LogP contribution in [-0.4, -0.2) is 31.1 Å². The number of fused-ring (bicyclic) bond motifs is 1. The number of benzene rings is 3. The molecule has 0 aliphatic carbocycles. The molecule has 0 saturated carbocycles. The van der Waals surface area contributed by atoms with Crippen molar-refractivity contribution < 1.29 is 14.3 Å². The van der Waals surface area contributed by atoms with Crippen molar-refractivity contribution in [1.29, 1.82) is 0 Å². The molecule has 0 spiro atoms. The molecule has 0 fully saturated rings. The van der Waals surface area contributed by atoms with E-state index in [0.29, 0.717) is 16.3 Å². The van der Waals surface area contributed by atoms with Gasteiger partial charge in [0.15, 0.2) is 0 Å². The highest BCUT2D eigenvalue weighted by Crippen LogP contribution is 2.30. The summed E-state index contributed by atoms with van der Waals surface area (Å²) in [5.74, 6) is -0.130. The van der Waals surface area contributed by atoms with Crippen LogP contribution in [0.1, 0.15) is 10.4 Å². The van der Waals surface area contributed by atoms with Crippen LogP contribution in [0.5, 0.6) is 0 Å². The van der Waals surface area contributed by atoms with Crippen LogP contribution in [0.4, 0.5) is 16.2 Å². The first-order valence-electron chi connectivity index (χ1n) is 9.83. The van der Waals surface area contributed by atoms with E-state index in [0.717, 1.165) is 27.6 Å². The smallest absolute Gasteiger partial charge is 0.411 e. The van der Waals surface area contributed by atoms with Crippen LogP contribution in [0.3, 0.4) is 0 Å². The van der Waals surface area contributed by atoms with Crippen molar-refractivity contribution in [1.82, 2.24) is 4.98 Å². The molecule has 1 N–H and O–H groups in total. The molecule has 1 heterocycles. The van der Waals surface area contributed by atoms with Gasteiger partial charge in [-0.05, 0) is 59.5 Å². The summed E-state index contributed by atoms with van der Waals surface area (Å²) in [7, 11) is 3.05. The number of anilines is 2. The molecule has 32 heavy (non-hydrogen) atoms. The number of methoxy groups -OCH3 is 1. The maximum absolute atomic E-state index is 13.1. The van der Waals surface area contributed by atoms with Crippen molar-refractivity contribution in [3.05, 3.63) is 89.7 Å². The van der Waals surface area contributed by atoms with Gasteiger partial charge < -0.3 is 9.64 Å². The Morgan fingerprint density at radius 3 is 2.38 bits per heavy atom. The molecular formula is C25H20ClN3O3. The highest BCUT2D eigenvalue weighted by atomic mass is 35.5. The number of halogens is 1. The normalized spacial score (nSPS) is 10.6. The molecule has 7 heteroatoms. The summed E-state index contributed by atoms with van der Waals surface area (Å²) < 4.78 is 4.62. The molecule has 0 radical (unpaired) electrons. The van der Waals surface area contributed by atoms with Gasteiger partial charge in [0, 0.05) is 52.4 Å². The third-order valence-corrected chi connectivity index (χ3v) is 5.41. The van der Waals surface area contributed by atoms with Gasteiger partial charge in [-0.2, -0.15) is 0 Å². The SMILES string of the molecule is COC(=O)Nc1ccc(-c2cncc3ccc(C(=O)N(C)c4ccc(Cl)cc4)cc23)cc1. The first-order chi connectivity index (χ1) is 15.5. The molecule has 0 bridgehead atoms. The Kier molecular flexibility index (Phi) is 6.05. The van der Waals surface area contributed by atoms with Crippen molar-refractivity contribution in [2.24, 2.45) is 0 Å². The molecule has 0 atom stereocenters. The lowest BCUT2D eigenvalue weighted by Gasteiger charge is -2.18. The Morgan fingerprint density at radius 1 is 0.969 bits per heavy atom. The number of nitrogens with one attached hydrogen (secondary N) is 1. The van der Waals surface area contributed by atoms with E-state index in [-0.39, 0.29) is 5.91 Å². The molecule has 0 unspecified atom stereocenters. The quantitative estimate of drug-likeness (QED) is 0.417. The lowest BCUT2D eigenvalue weighted by Crippen LogP contribution is -2.26. The molecule has 4 rings (SSSR count). The largest absolute Gasteiger partial charge is 0.453 e. The second kappa shape index (κ2) is 9.08. The molecule has 160 valence electrons. The number of aromatic nitrogens is 1. The van der Waals surface area contributed by atoms with Crippen LogP contribution in [0.25, 0.3) is 21.9 Å². The van der Waals surface area contributed by atoms with Gasteiger partial charge >= 0.3 is 6.09 Å². The fraction of sp³-hybridized carbons (Fsp3) is 0.0800. The van der Waals surface area contributed by atoms with Gasteiger partial charge in [0.2, 0.25) is 0 Å². The fourth-order valence-corrected chi connectivity index (χ4v) is 3.53. The summed E-state index contributed by atoms with van der Waals surface area (Å²) >= 11 is 5.96. The molecule has 6 nitrogen and oxygen atoms in total. The predicted molar refractivity (Wildman–Crippen MR) is 127 cm³/mol. The second-order valence-corrected chi connectivity index (χ2v) is 7.59. The van der Waals surface area contributed by atoms with Gasteiger partial charge in [-0.3, -0.25) is 15.1 Å². The summed E-state index contributed by atoms with van der Waals surface area (Å²) in [6.07, 6.45) is 3.00. The molecule has 0 aliphatic heterocycles. The molecule has 1 aromatic heterocycles. The minimum Gasteiger partial charge on any atom is -0.453 e. The van der Waals surface area contributed by atoms with E-state index in [1.54, 1.807) is 66.8 Å². The van der Waals surface area contributed by atoms with Crippen LogP contribution in [-0.2, 0) is 4.74 Å². The number of hydrogen-bond acceptors (Lipinski definition) is 4. The van der Waals surface area contributed by atoms with Crippen molar-refractivity contribution in [2.45, 2.75) is 0 Å². The average molecular weight is 446 g/mol. The van der Waals surface area contributed by atoms with E-state index in [4.69, 9.17) is 11.6 Å². The van der Waals surface area contributed by atoms with E-state index in [2.05, 4.69) is 15.0 Å². The number of rotatable bonds is 4. The molecule has 2 amide bonds. The van der Waals surface area contributed by atoms with Gasteiger partial charge in [-0.25, -0.2) is 4.79 Å². The van der Waals surface area contributed by atoms with Gasteiger partial charge in [0.05, 0.1) is 7.11 Å². The number of hydrogen-bond donors (Lipinski definition) is 1. The van der Waals surface area contributed by atoms with Crippen molar-refractivity contribution >= 4 is 45.7 Å². The van der Waals surface area contributed by atoms with E-state index in [9.17, 15) is 9.59 Å². The predicted octanol–water partition coefficient (Wildman–Crippen LogP) is 6.01. The third kappa shape index (κ3) is 4.40. The summed E-state index contributed by atoms with van der Waals surface area (Å²) in [4.78, 5) is 30.5. The summed E-state index contributed by atoms with van der Waals surface area (Å²) in [5.41, 5.74) is 3.73. The topological polar surface area (TPSA) is 71.5 Å². The summed E-state index contributed by atoms with van der Waals surface area (Å²) in [6, 6.07) is 20.0. The second-order valence-electron chi connectivity index (χ2n) is 7.16. The van der Waals surface area contributed by atoms with Crippen LogP contribution in [0.2, 0.25) is 5.02 Å². The molecule has 3 aromatic carbocycles. The number of nitrogens with zero attached hydrogens (tertiary/aromatic N) is 2. The van der Waals surface area contributed by atoms with Crippen molar-refractivity contribution in [2.75, 3.05) is 24.4 Å². The van der Waals surface area contributed by atoms with Crippen LogP contribution in [0, 0.1) is 0 Å². The number of ether oxygens (including phenoxy) is 1. The van der Waals surface area contributed by atoms with Crippen LogP contribution < -0.4 is 10.2 Å². The lowest BCUT2D eigenvalue weighted by atomic mass is 9.98. The molecular weight excluding hydrogens is 426 g/mol. The molecule has 0 aliphatic rings. The highest BCUT2D eigenvalue weighted by molar-refractivity contribution is 6.30. The summed E-state index contributed by atoms with van der Waals surface area (Å²) in [6.45, 7) is 0. The van der Waals surface area contributed by atoms with E-state index in [1.165, 1.54) is 7.11 Å². The first kappa shape index (κ1) is 21.3. The molecule has 0 saturated heterocycles. The Hall–Kier alpha value is -3.90. The Balaban J connectivity index is 1.68. The van der Waals surface area contributed by atoms with Crippen LogP contribution in [0.15, 0.2) is 79.1 Å². The van der Waals surface area contributed by atoms with Crippen molar-refractivity contribution in [3.63, 3.8) is 0 Å². The number of carbonyl (C=O) groups is 2. The maximum Gasteiger partial charge on any atom is 0.411 e. The van der Waals surface area contributed by atoms with Crippen molar-refractivity contribution in [3.8, 4) is 11.1 Å². The van der Waals surface area contributed by atoms with Gasteiger partial charge in [-0.1, -0.05) is 29.8 Å². The third-order valence-electron chi connectivity index (χ3n) is 5.15. The number of amides is 2. The number of pyridine rings is 1. The zero-order chi connectivity index (χ0) is 22.7. The Labute approximate surface area is 190 Å². The zero-order valence-electron chi connectivity index (χ0n) is 17.5. The summed E-state index contributed by atoms with van der Waals surface area (Å²) in [5, 5.41) is 5.07. The minimum atomic E-state index is -0.530. The van der Waals surface area contributed by atoms with E-state index >= 15 is 0 Å². The van der Waals surface area contributed by atoms with Gasteiger partial charge in [0.1, 0.15) is 0 Å². The van der Waals surface area contributed by atoms with Gasteiger partial charge in [-0.15, -0.1) is 0 Å². The maximum atomic E-state index is 13.1. The monoisotopic (exact) mass is 445 g/mol. The Bertz CT molecular complexity index is 1290. The van der Waals surface area contributed by atoms with E-state index < -0.39 is 6.09 Å². The highest BCUT2D eigenvalue weighted by Gasteiger charge is 2.15.